The quantitative estimate of drug-likeness (QED) is 0.879. The predicted octanol–water partition coefficient (Wildman–Crippen LogP) is 4.10. The Labute approximate surface area is 145 Å². The monoisotopic (exact) mass is 349 g/mol. The Morgan fingerprint density at radius 1 is 1.38 bits per heavy atom. The van der Waals surface area contributed by atoms with Crippen LogP contribution in [-0.2, 0) is 4.79 Å². The van der Waals surface area contributed by atoms with E-state index in [9.17, 15) is 4.79 Å². The molecule has 1 aromatic carbocycles. The van der Waals surface area contributed by atoms with Gasteiger partial charge in [-0.25, -0.2) is 0 Å². The summed E-state index contributed by atoms with van der Waals surface area (Å²) < 4.78 is 10.6. The molecular formula is C17H20ClN3O3. The first kappa shape index (κ1) is 16.8. The number of rotatable bonds is 5. The van der Waals surface area contributed by atoms with Crippen molar-refractivity contribution in [3.63, 3.8) is 0 Å². The molecule has 0 radical (unpaired) electrons. The van der Waals surface area contributed by atoms with Crippen LogP contribution in [0.5, 0.6) is 5.75 Å². The Hall–Kier alpha value is -2.08. The molecule has 1 amide bonds. The van der Waals surface area contributed by atoms with E-state index in [4.69, 9.17) is 20.9 Å². The molecule has 3 rings (SSSR count). The topological polar surface area (TPSA) is 77.2 Å². The van der Waals surface area contributed by atoms with Crippen LogP contribution in [0.15, 0.2) is 22.7 Å². The van der Waals surface area contributed by atoms with Gasteiger partial charge in [0.05, 0.1) is 0 Å². The second kappa shape index (κ2) is 7.66. The van der Waals surface area contributed by atoms with Gasteiger partial charge in [0.2, 0.25) is 0 Å². The number of nitrogens with one attached hydrogen (secondary N) is 1. The zero-order valence-corrected chi connectivity index (χ0v) is 14.3. The molecule has 0 saturated heterocycles. The maximum atomic E-state index is 12.0. The second-order valence-corrected chi connectivity index (χ2v) is 6.44. The smallest absolute Gasteiger partial charge is 0.328 e. The molecule has 24 heavy (non-hydrogen) atoms. The van der Waals surface area contributed by atoms with E-state index in [2.05, 4.69) is 15.5 Å². The molecule has 128 valence electrons. The highest BCUT2D eigenvalue weighted by molar-refractivity contribution is 6.30. The van der Waals surface area contributed by atoms with E-state index in [1.165, 1.54) is 19.3 Å². The van der Waals surface area contributed by atoms with E-state index >= 15 is 0 Å². The molecule has 1 N–H and O–H groups in total. The van der Waals surface area contributed by atoms with Crippen LogP contribution in [0.3, 0.4) is 0 Å². The molecule has 0 atom stereocenters. The first-order valence-electron chi connectivity index (χ1n) is 8.14. The second-order valence-electron chi connectivity index (χ2n) is 6.00. The number of carbonyl (C=O) groups excluding carboxylic acids is 1. The van der Waals surface area contributed by atoms with Crippen molar-refractivity contribution in [2.45, 2.75) is 44.9 Å². The van der Waals surface area contributed by atoms with E-state index in [0.717, 1.165) is 18.4 Å². The number of carbonyl (C=O) groups is 1. The summed E-state index contributed by atoms with van der Waals surface area (Å²) in [7, 11) is 0. The number of aryl methyl sites for hydroxylation is 1. The SMILES string of the molecule is Cc1noc(NC(=O)COc2ccc(Cl)cc2C2CCCCC2)n1. The Morgan fingerprint density at radius 2 is 2.17 bits per heavy atom. The lowest BCUT2D eigenvalue weighted by Crippen LogP contribution is -2.21. The highest BCUT2D eigenvalue weighted by Gasteiger charge is 2.20. The van der Waals surface area contributed by atoms with Crippen LogP contribution in [0.4, 0.5) is 6.01 Å². The molecular weight excluding hydrogens is 330 g/mol. The summed E-state index contributed by atoms with van der Waals surface area (Å²) in [4.78, 5) is 15.9. The van der Waals surface area contributed by atoms with Gasteiger partial charge < -0.3 is 9.26 Å². The molecule has 0 aliphatic heterocycles. The van der Waals surface area contributed by atoms with Crippen molar-refractivity contribution in [2.75, 3.05) is 11.9 Å². The Bertz CT molecular complexity index is 711. The molecule has 1 heterocycles. The van der Waals surface area contributed by atoms with Crippen LogP contribution < -0.4 is 10.1 Å². The average molecular weight is 350 g/mol. The largest absolute Gasteiger partial charge is 0.483 e. The fourth-order valence-electron chi connectivity index (χ4n) is 3.03. The zero-order chi connectivity index (χ0) is 16.9. The van der Waals surface area contributed by atoms with Crippen LogP contribution in [0.25, 0.3) is 0 Å². The molecule has 0 bridgehead atoms. The maximum Gasteiger partial charge on any atom is 0.328 e. The fraction of sp³-hybridized carbons (Fsp3) is 0.471. The molecule has 7 heteroatoms. The molecule has 2 aromatic rings. The molecule has 1 saturated carbocycles. The number of ether oxygens (including phenoxy) is 1. The Morgan fingerprint density at radius 3 is 2.88 bits per heavy atom. The normalized spacial score (nSPS) is 15.2. The van der Waals surface area contributed by atoms with Crippen LogP contribution in [-0.4, -0.2) is 22.7 Å². The summed E-state index contributed by atoms with van der Waals surface area (Å²) in [5.74, 6) is 1.27. The standard InChI is InChI=1S/C17H20ClN3O3/c1-11-19-17(24-21-11)20-16(22)10-23-15-8-7-13(18)9-14(15)12-5-3-2-4-6-12/h7-9,12H,2-6,10H2,1H3,(H,19,20,21,22). The van der Waals surface area contributed by atoms with Crippen molar-refractivity contribution in [2.24, 2.45) is 0 Å². The number of amides is 1. The highest BCUT2D eigenvalue weighted by atomic mass is 35.5. The lowest BCUT2D eigenvalue weighted by atomic mass is 9.84. The van der Waals surface area contributed by atoms with E-state index < -0.39 is 0 Å². The third-order valence-electron chi connectivity index (χ3n) is 4.15. The van der Waals surface area contributed by atoms with Crippen LogP contribution in [0.2, 0.25) is 5.02 Å². The first-order valence-corrected chi connectivity index (χ1v) is 8.52. The molecule has 1 fully saturated rings. The van der Waals surface area contributed by atoms with Crippen molar-refractivity contribution in [3.05, 3.63) is 34.6 Å². The van der Waals surface area contributed by atoms with Gasteiger partial charge in [-0.05, 0) is 49.4 Å². The van der Waals surface area contributed by atoms with Gasteiger partial charge in [0, 0.05) is 5.02 Å². The number of benzene rings is 1. The average Bonchev–Trinajstić information content (AvgIpc) is 2.99. The molecule has 1 aliphatic carbocycles. The van der Waals surface area contributed by atoms with Crippen molar-refractivity contribution >= 4 is 23.5 Å². The van der Waals surface area contributed by atoms with E-state index in [1.807, 2.05) is 12.1 Å². The number of anilines is 1. The summed E-state index contributed by atoms with van der Waals surface area (Å²) in [6, 6.07) is 5.63. The van der Waals surface area contributed by atoms with Gasteiger partial charge in [0.25, 0.3) is 5.91 Å². The van der Waals surface area contributed by atoms with Crippen molar-refractivity contribution in [1.82, 2.24) is 10.1 Å². The molecule has 0 unspecified atom stereocenters. The van der Waals surface area contributed by atoms with E-state index in [1.54, 1.807) is 13.0 Å². The van der Waals surface area contributed by atoms with Crippen molar-refractivity contribution < 1.29 is 14.1 Å². The number of halogens is 1. The number of nitrogens with zero attached hydrogens (tertiary/aromatic N) is 2. The van der Waals surface area contributed by atoms with Crippen molar-refractivity contribution in [1.29, 1.82) is 0 Å². The summed E-state index contributed by atoms with van der Waals surface area (Å²) in [5, 5.41) is 6.82. The summed E-state index contributed by atoms with van der Waals surface area (Å²) >= 11 is 6.15. The van der Waals surface area contributed by atoms with Gasteiger partial charge in [0.15, 0.2) is 12.4 Å². The summed E-state index contributed by atoms with van der Waals surface area (Å²) in [6.07, 6.45) is 5.97. The minimum Gasteiger partial charge on any atom is -0.483 e. The zero-order valence-electron chi connectivity index (χ0n) is 13.5. The number of hydrogen-bond donors (Lipinski definition) is 1. The predicted molar refractivity (Wildman–Crippen MR) is 90.4 cm³/mol. The molecule has 1 aromatic heterocycles. The van der Waals surface area contributed by atoms with Crippen LogP contribution >= 0.6 is 11.6 Å². The molecule has 6 nitrogen and oxygen atoms in total. The van der Waals surface area contributed by atoms with Gasteiger partial charge in [-0.3, -0.25) is 10.1 Å². The lowest BCUT2D eigenvalue weighted by Gasteiger charge is -2.24. The first-order chi connectivity index (χ1) is 11.6. The van der Waals surface area contributed by atoms with Crippen LogP contribution in [0.1, 0.15) is 49.4 Å². The van der Waals surface area contributed by atoms with Gasteiger partial charge in [-0.15, -0.1) is 0 Å². The number of aromatic nitrogens is 2. The Balaban J connectivity index is 1.64. The van der Waals surface area contributed by atoms with Gasteiger partial charge in [-0.2, -0.15) is 4.98 Å². The fourth-order valence-corrected chi connectivity index (χ4v) is 3.21. The van der Waals surface area contributed by atoms with E-state index in [0.29, 0.717) is 22.5 Å². The number of hydrogen-bond acceptors (Lipinski definition) is 5. The summed E-state index contributed by atoms with van der Waals surface area (Å²) in [5.41, 5.74) is 1.09. The van der Waals surface area contributed by atoms with Crippen molar-refractivity contribution in [3.8, 4) is 5.75 Å². The summed E-state index contributed by atoms with van der Waals surface area (Å²) in [6.45, 7) is 1.56. The van der Waals surface area contributed by atoms with Gasteiger partial charge in [-0.1, -0.05) is 36.0 Å². The van der Waals surface area contributed by atoms with Gasteiger partial charge >= 0.3 is 6.01 Å². The minimum atomic E-state index is -0.344. The molecule has 1 aliphatic rings. The minimum absolute atomic E-state index is 0.0738. The highest BCUT2D eigenvalue weighted by Crippen LogP contribution is 2.38. The third kappa shape index (κ3) is 4.26. The Kier molecular flexibility index (Phi) is 5.35. The third-order valence-corrected chi connectivity index (χ3v) is 4.38. The van der Waals surface area contributed by atoms with E-state index in [-0.39, 0.29) is 18.5 Å². The maximum absolute atomic E-state index is 12.0. The lowest BCUT2D eigenvalue weighted by molar-refractivity contribution is -0.118. The van der Waals surface area contributed by atoms with Gasteiger partial charge in [0.1, 0.15) is 5.75 Å². The van der Waals surface area contributed by atoms with Crippen LogP contribution in [0, 0.1) is 6.92 Å². The molecule has 0 spiro atoms.